The molecule has 202 valence electrons. The highest BCUT2D eigenvalue weighted by molar-refractivity contribution is 6.32. The molecule has 0 unspecified atom stereocenters. The molecular weight excluding hydrogens is 452 g/mol. The molecule has 2 amide bonds. The third kappa shape index (κ3) is 20.6. The van der Waals surface area contributed by atoms with E-state index >= 15 is 0 Å². The van der Waals surface area contributed by atoms with Crippen LogP contribution in [0.1, 0.15) is 122 Å². The van der Waals surface area contributed by atoms with Gasteiger partial charge < -0.3 is 20.8 Å². The Morgan fingerprint density at radius 1 is 0.629 bits per heavy atom. The summed E-state index contributed by atoms with van der Waals surface area (Å²) in [6.45, 7) is 2.36. The van der Waals surface area contributed by atoms with E-state index in [0.29, 0.717) is 6.42 Å². The summed E-state index contributed by atoms with van der Waals surface area (Å²) in [6, 6.07) is -1.14. The number of Topliss-reactive ketones (excluding diaryl/α,β-unsaturated/α-hetero) is 1. The van der Waals surface area contributed by atoms with Crippen molar-refractivity contribution in [1.29, 1.82) is 0 Å². The first kappa shape index (κ1) is 32.5. The van der Waals surface area contributed by atoms with Crippen molar-refractivity contribution in [1.82, 2.24) is 10.6 Å². The number of carbonyl (C=O) groups is 5. The molecule has 0 aromatic carbocycles. The zero-order chi connectivity index (χ0) is 26.3. The lowest BCUT2D eigenvalue weighted by molar-refractivity contribution is -0.149. The molecular formula is C26H46N2O7. The van der Waals surface area contributed by atoms with Gasteiger partial charge in [-0.2, -0.15) is 0 Å². The number of amides is 2. The number of hydrogen-bond donors (Lipinski definition) is 4. The Morgan fingerprint density at radius 2 is 1.14 bits per heavy atom. The van der Waals surface area contributed by atoms with Crippen molar-refractivity contribution in [3.05, 3.63) is 0 Å². The van der Waals surface area contributed by atoms with Crippen molar-refractivity contribution in [3.8, 4) is 0 Å². The van der Waals surface area contributed by atoms with Crippen LogP contribution < -0.4 is 10.6 Å². The quantitative estimate of drug-likeness (QED) is 0.114. The number of aliphatic carboxylic acids is 2. The van der Waals surface area contributed by atoms with Crippen LogP contribution in [0, 0.1) is 0 Å². The normalized spacial score (nSPS) is 11.6. The molecule has 0 saturated heterocycles. The van der Waals surface area contributed by atoms with Crippen LogP contribution in [0.3, 0.4) is 0 Å². The van der Waals surface area contributed by atoms with Crippen LogP contribution in [-0.4, -0.2) is 52.3 Å². The molecule has 0 radical (unpaired) electrons. The first-order valence-corrected chi connectivity index (χ1v) is 13.3. The Hall–Kier alpha value is -2.45. The zero-order valence-corrected chi connectivity index (χ0v) is 21.4. The number of rotatable bonds is 24. The van der Waals surface area contributed by atoms with E-state index in [1.807, 2.05) is 0 Å². The second kappa shape index (κ2) is 22.0. The molecule has 0 rings (SSSR count). The minimum atomic E-state index is -1.50. The summed E-state index contributed by atoms with van der Waals surface area (Å²) in [7, 11) is 0. The summed E-state index contributed by atoms with van der Waals surface area (Å²) in [5, 5.41) is 22.8. The maximum Gasteiger partial charge on any atom is 0.372 e. The smallest absolute Gasteiger partial charge is 0.372 e. The van der Waals surface area contributed by atoms with Crippen LogP contribution in [0.2, 0.25) is 0 Å². The van der Waals surface area contributed by atoms with Crippen LogP contribution >= 0.6 is 0 Å². The Labute approximate surface area is 209 Å². The van der Waals surface area contributed by atoms with E-state index in [4.69, 9.17) is 5.11 Å². The van der Waals surface area contributed by atoms with Gasteiger partial charge in [0.15, 0.2) is 0 Å². The summed E-state index contributed by atoms with van der Waals surface area (Å²) >= 11 is 0. The molecule has 1 atom stereocenters. The Balaban J connectivity index is 3.80. The summed E-state index contributed by atoms with van der Waals surface area (Å²) < 4.78 is 0. The zero-order valence-electron chi connectivity index (χ0n) is 21.4. The molecule has 0 spiro atoms. The molecule has 0 aliphatic rings. The predicted molar refractivity (Wildman–Crippen MR) is 134 cm³/mol. The lowest BCUT2D eigenvalue weighted by atomic mass is 10.0. The standard InChI is InChI=1S/C26H46N2O7/c1-2-3-4-5-6-7-8-9-10-11-12-13-14-17-24(31)28-21(25(32)33)18-19-23(30)27-20-15-16-22(29)26(34)35/h21H,2-20H2,1H3,(H,27,30)(H,28,31)(H,32,33)(H,34,35)/t21-/m0/s1. The van der Waals surface area contributed by atoms with E-state index in [1.165, 1.54) is 57.8 Å². The van der Waals surface area contributed by atoms with Gasteiger partial charge in [-0.25, -0.2) is 9.59 Å². The van der Waals surface area contributed by atoms with E-state index < -0.39 is 29.7 Å². The van der Waals surface area contributed by atoms with Gasteiger partial charge in [0, 0.05) is 25.8 Å². The molecule has 9 nitrogen and oxygen atoms in total. The molecule has 0 bridgehead atoms. The topological polar surface area (TPSA) is 150 Å². The van der Waals surface area contributed by atoms with Crippen LogP contribution in [-0.2, 0) is 24.0 Å². The van der Waals surface area contributed by atoms with Crippen molar-refractivity contribution in [3.63, 3.8) is 0 Å². The Kier molecular flexibility index (Phi) is 20.5. The highest BCUT2D eigenvalue weighted by Gasteiger charge is 2.20. The summed E-state index contributed by atoms with van der Waals surface area (Å²) in [4.78, 5) is 56.7. The lowest BCUT2D eigenvalue weighted by Gasteiger charge is -2.14. The average Bonchev–Trinajstić information content (AvgIpc) is 2.81. The summed E-state index contributed by atoms with van der Waals surface area (Å²) in [5.41, 5.74) is 0. The summed E-state index contributed by atoms with van der Waals surface area (Å²) in [6.07, 6.45) is 15.8. The van der Waals surface area contributed by atoms with Gasteiger partial charge in [0.1, 0.15) is 6.04 Å². The SMILES string of the molecule is CCCCCCCCCCCCCCCC(=O)N[C@@H](CCC(=O)NCCCC(=O)C(=O)O)C(=O)O. The number of nitrogens with one attached hydrogen (secondary N) is 2. The van der Waals surface area contributed by atoms with Gasteiger partial charge in [0.2, 0.25) is 17.6 Å². The monoisotopic (exact) mass is 498 g/mol. The van der Waals surface area contributed by atoms with Gasteiger partial charge in [-0.15, -0.1) is 0 Å². The number of carbonyl (C=O) groups excluding carboxylic acids is 3. The van der Waals surface area contributed by atoms with E-state index in [0.717, 1.165) is 19.3 Å². The van der Waals surface area contributed by atoms with Gasteiger partial charge in [0.05, 0.1) is 0 Å². The second-order valence-corrected chi connectivity index (χ2v) is 9.17. The highest BCUT2D eigenvalue weighted by Crippen LogP contribution is 2.13. The van der Waals surface area contributed by atoms with E-state index in [1.54, 1.807) is 0 Å². The molecule has 0 aliphatic heterocycles. The Morgan fingerprint density at radius 3 is 1.63 bits per heavy atom. The maximum absolute atomic E-state index is 12.1. The van der Waals surface area contributed by atoms with Crippen LogP contribution in [0.5, 0.6) is 0 Å². The van der Waals surface area contributed by atoms with Gasteiger partial charge in [-0.1, -0.05) is 84.0 Å². The molecule has 9 heteroatoms. The first-order chi connectivity index (χ1) is 16.8. The number of unbranched alkanes of at least 4 members (excludes halogenated alkanes) is 12. The number of hydrogen-bond acceptors (Lipinski definition) is 5. The molecule has 35 heavy (non-hydrogen) atoms. The van der Waals surface area contributed by atoms with Crippen molar-refractivity contribution in [2.75, 3.05) is 6.54 Å². The fourth-order valence-corrected chi connectivity index (χ4v) is 3.77. The number of carboxylic acids is 2. The number of ketones is 1. The fourth-order valence-electron chi connectivity index (χ4n) is 3.77. The third-order valence-corrected chi connectivity index (χ3v) is 5.94. The number of carboxylic acid groups (broad SMARTS) is 2. The fraction of sp³-hybridized carbons (Fsp3) is 0.808. The van der Waals surface area contributed by atoms with Crippen LogP contribution in [0.15, 0.2) is 0 Å². The molecule has 0 fully saturated rings. The second-order valence-electron chi connectivity index (χ2n) is 9.17. The van der Waals surface area contributed by atoms with Crippen molar-refractivity contribution < 1.29 is 34.2 Å². The van der Waals surface area contributed by atoms with Gasteiger partial charge >= 0.3 is 11.9 Å². The summed E-state index contributed by atoms with van der Waals surface area (Å²) in [5.74, 6) is -4.35. The maximum atomic E-state index is 12.1. The van der Waals surface area contributed by atoms with Crippen LogP contribution in [0.4, 0.5) is 0 Å². The minimum absolute atomic E-state index is 0.0421. The average molecular weight is 499 g/mol. The lowest BCUT2D eigenvalue weighted by Crippen LogP contribution is -2.41. The van der Waals surface area contributed by atoms with Crippen molar-refractivity contribution in [2.45, 2.75) is 129 Å². The van der Waals surface area contributed by atoms with Crippen molar-refractivity contribution in [2.24, 2.45) is 0 Å². The molecule has 0 aromatic heterocycles. The highest BCUT2D eigenvalue weighted by atomic mass is 16.4. The minimum Gasteiger partial charge on any atom is -0.480 e. The van der Waals surface area contributed by atoms with E-state index in [9.17, 15) is 29.1 Å². The molecule has 0 heterocycles. The van der Waals surface area contributed by atoms with Crippen LogP contribution in [0.25, 0.3) is 0 Å². The third-order valence-electron chi connectivity index (χ3n) is 5.94. The largest absolute Gasteiger partial charge is 0.480 e. The van der Waals surface area contributed by atoms with Crippen molar-refractivity contribution >= 4 is 29.5 Å². The van der Waals surface area contributed by atoms with Gasteiger partial charge in [-0.05, 0) is 19.3 Å². The Bertz CT molecular complexity index is 637. The van der Waals surface area contributed by atoms with E-state index in [-0.39, 0.29) is 44.6 Å². The molecule has 0 aliphatic carbocycles. The van der Waals surface area contributed by atoms with E-state index in [2.05, 4.69) is 17.6 Å². The molecule has 0 saturated carbocycles. The first-order valence-electron chi connectivity index (χ1n) is 13.3. The van der Waals surface area contributed by atoms with Gasteiger partial charge in [0.25, 0.3) is 0 Å². The predicted octanol–water partition coefficient (Wildman–Crippen LogP) is 4.37. The molecule has 4 N–H and O–H groups in total. The van der Waals surface area contributed by atoms with Gasteiger partial charge in [-0.3, -0.25) is 14.4 Å². The molecule has 0 aromatic rings.